The van der Waals surface area contributed by atoms with Gasteiger partial charge in [0, 0.05) is 5.57 Å². The number of carbonyl (C=O) groups is 1. The van der Waals surface area contributed by atoms with Gasteiger partial charge in [0.25, 0.3) is 0 Å². The second-order valence-electron chi connectivity index (χ2n) is 14.3. The minimum Gasteiger partial charge on any atom is -0.462 e. The lowest BCUT2D eigenvalue weighted by molar-refractivity contribution is -0.140. The number of hydrogen-bond acceptors (Lipinski definition) is 2. The van der Waals surface area contributed by atoms with Crippen LogP contribution in [0.15, 0.2) is 12.2 Å². The summed E-state index contributed by atoms with van der Waals surface area (Å²) in [5.74, 6) is 2.15. The number of unbranched alkanes of at least 4 members (excludes halogenated alkanes) is 18. The number of esters is 1. The fraction of sp³-hybridized carbons (Fsp3) is 0.925. The maximum atomic E-state index is 12.0. The molecule has 42 heavy (non-hydrogen) atoms. The van der Waals surface area contributed by atoms with Gasteiger partial charge in [0.05, 0.1) is 6.61 Å². The Morgan fingerprint density at radius 1 is 0.500 bits per heavy atom. The molecule has 3 unspecified atom stereocenters. The Kier molecular flexibility index (Phi) is 31.0. The predicted molar refractivity (Wildman–Crippen MR) is 188 cm³/mol. The Balaban J connectivity index is 3.86. The van der Waals surface area contributed by atoms with E-state index in [9.17, 15) is 4.79 Å². The summed E-state index contributed by atoms with van der Waals surface area (Å²) in [7, 11) is 0. The number of carbonyl (C=O) groups excluding carboxylic acids is 1. The first kappa shape index (κ1) is 41.2. The number of rotatable bonds is 33. The van der Waals surface area contributed by atoms with Crippen molar-refractivity contribution in [2.45, 2.75) is 214 Å². The standard InChI is InChI=1S/C40H78O2/c1-7-9-23-29-37(5)31-25-19-15-12-11-13-17-21-27-33-39(35-42-40(41)36(3)4)34-28-22-18-14-16-20-26-32-38(6)30-24-10-8-2/h37-39H,3,7-35H2,1-2,4-6H3. The monoisotopic (exact) mass is 591 g/mol. The van der Waals surface area contributed by atoms with Crippen LogP contribution < -0.4 is 0 Å². The fourth-order valence-electron chi connectivity index (χ4n) is 6.37. The molecule has 3 atom stereocenters. The summed E-state index contributed by atoms with van der Waals surface area (Å²) in [6, 6.07) is 0. The summed E-state index contributed by atoms with van der Waals surface area (Å²) in [6.45, 7) is 15.6. The van der Waals surface area contributed by atoms with Crippen molar-refractivity contribution in [3.63, 3.8) is 0 Å². The van der Waals surface area contributed by atoms with Crippen molar-refractivity contribution in [3.8, 4) is 0 Å². The van der Waals surface area contributed by atoms with E-state index >= 15 is 0 Å². The van der Waals surface area contributed by atoms with Gasteiger partial charge < -0.3 is 4.74 Å². The number of hydrogen-bond donors (Lipinski definition) is 0. The minimum absolute atomic E-state index is 0.217. The van der Waals surface area contributed by atoms with Crippen LogP contribution in [0, 0.1) is 17.8 Å². The van der Waals surface area contributed by atoms with Crippen molar-refractivity contribution in [2.24, 2.45) is 17.8 Å². The van der Waals surface area contributed by atoms with Gasteiger partial charge in [0.2, 0.25) is 0 Å². The molecule has 0 aliphatic rings. The van der Waals surface area contributed by atoms with E-state index in [-0.39, 0.29) is 5.97 Å². The molecule has 0 bridgehead atoms. The van der Waals surface area contributed by atoms with Crippen LogP contribution >= 0.6 is 0 Å². The molecule has 2 heteroatoms. The molecule has 0 aromatic carbocycles. The van der Waals surface area contributed by atoms with Gasteiger partial charge in [-0.2, -0.15) is 0 Å². The van der Waals surface area contributed by atoms with E-state index in [2.05, 4.69) is 34.3 Å². The molecule has 0 aromatic rings. The van der Waals surface area contributed by atoms with Gasteiger partial charge in [-0.1, -0.05) is 201 Å². The first-order valence-electron chi connectivity index (χ1n) is 19.2. The van der Waals surface area contributed by atoms with E-state index in [0.29, 0.717) is 18.1 Å². The van der Waals surface area contributed by atoms with E-state index in [1.807, 2.05) is 0 Å². The van der Waals surface area contributed by atoms with Gasteiger partial charge in [0.15, 0.2) is 0 Å². The third kappa shape index (κ3) is 29.3. The van der Waals surface area contributed by atoms with Crippen molar-refractivity contribution in [1.82, 2.24) is 0 Å². The molecule has 0 saturated carbocycles. The van der Waals surface area contributed by atoms with Crippen LogP contribution in [0.3, 0.4) is 0 Å². The zero-order valence-corrected chi connectivity index (χ0v) is 29.8. The second-order valence-corrected chi connectivity index (χ2v) is 14.3. The van der Waals surface area contributed by atoms with Crippen molar-refractivity contribution >= 4 is 5.97 Å². The minimum atomic E-state index is -0.217. The fourth-order valence-corrected chi connectivity index (χ4v) is 6.37. The first-order valence-corrected chi connectivity index (χ1v) is 19.2. The van der Waals surface area contributed by atoms with Gasteiger partial charge in [-0.25, -0.2) is 4.79 Å². The molecule has 0 aliphatic heterocycles. The van der Waals surface area contributed by atoms with Crippen molar-refractivity contribution in [1.29, 1.82) is 0 Å². The van der Waals surface area contributed by atoms with E-state index in [1.165, 1.54) is 180 Å². The number of ether oxygens (including phenoxy) is 1. The van der Waals surface area contributed by atoms with E-state index in [1.54, 1.807) is 6.92 Å². The van der Waals surface area contributed by atoms with E-state index in [4.69, 9.17) is 4.74 Å². The van der Waals surface area contributed by atoms with Crippen LogP contribution in [-0.2, 0) is 9.53 Å². The van der Waals surface area contributed by atoms with Crippen molar-refractivity contribution in [3.05, 3.63) is 12.2 Å². The molecular weight excluding hydrogens is 512 g/mol. The smallest absolute Gasteiger partial charge is 0.333 e. The summed E-state index contributed by atoms with van der Waals surface area (Å²) in [6.07, 6.45) is 38.5. The van der Waals surface area contributed by atoms with Gasteiger partial charge in [-0.15, -0.1) is 0 Å². The largest absolute Gasteiger partial charge is 0.462 e. The lowest BCUT2D eigenvalue weighted by Crippen LogP contribution is -2.15. The molecule has 0 spiro atoms. The van der Waals surface area contributed by atoms with Gasteiger partial charge in [0.1, 0.15) is 0 Å². The highest BCUT2D eigenvalue weighted by molar-refractivity contribution is 5.86. The van der Waals surface area contributed by atoms with Gasteiger partial charge in [-0.3, -0.25) is 0 Å². The Morgan fingerprint density at radius 3 is 1.10 bits per heavy atom. The van der Waals surface area contributed by atoms with Crippen LogP contribution in [0.1, 0.15) is 214 Å². The maximum absolute atomic E-state index is 12.0. The molecule has 0 radical (unpaired) electrons. The summed E-state index contributed by atoms with van der Waals surface area (Å²) in [5, 5.41) is 0. The Labute approximate surface area is 266 Å². The zero-order chi connectivity index (χ0) is 31.1. The van der Waals surface area contributed by atoms with Crippen LogP contribution in [0.4, 0.5) is 0 Å². The predicted octanol–water partition coefficient (Wildman–Crippen LogP) is 14.0. The molecule has 0 amide bonds. The van der Waals surface area contributed by atoms with Crippen LogP contribution in [0.2, 0.25) is 0 Å². The lowest BCUT2D eigenvalue weighted by Gasteiger charge is -2.17. The third-order valence-electron chi connectivity index (χ3n) is 9.52. The molecule has 0 fully saturated rings. The summed E-state index contributed by atoms with van der Waals surface area (Å²) in [5.41, 5.74) is 0.519. The van der Waals surface area contributed by atoms with E-state index in [0.717, 1.165) is 11.8 Å². The molecule has 0 N–H and O–H groups in total. The van der Waals surface area contributed by atoms with Crippen molar-refractivity contribution < 1.29 is 9.53 Å². The Morgan fingerprint density at radius 2 is 0.786 bits per heavy atom. The summed E-state index contributed by atoms with van der Waals surface area (Å²) >= 11 is 0. The Bertz CT molecular complexity index is 582. The second kappa shape index (κ2) is 31.6. The van der Waals surface area contributed by atoms with E-state index < -0.39 is 0 Å². The lowest BCUT2D eigenvalue weighted by atomic mass is 9.94. The molecule has 2 nitrogen and oxygen atoms in total. The summed E-state index contributed by atoms with van der Waals surface area (Å²) < 4.78 is 5.58. The molecule has 0 saturated heterocycles. The quantitative estimate of drug-likeness (QED) is 0.0431. The first-order chi connectivity index (χ1) is 20.4. The topological polar surface area (TPSA) is 26.3 Å². The molecule has 0 rings (SSSR count). The van der Waals surface area contributed by atoms with Gasteiger partial charge in [-0.05, 0) is 37.5 Å². The molecule has 0 aromatic heterocycles. The highest BCUT2D eigenvalue weighted by Gasteiger charge is 2.13. The molecular formula is C40H78O2. The van der Waals surface area contributed by atoms with Crippen molar-refractivity contribution in [2.75, 3.05) is 6.61 Å². The summed E-state index contributed by atoms with van der Waals surface area (Å²) in [4.78, 5) is 12.0. The average Bonchev–Trinajstić information content (AvgIpc) is 2.97. The zero-order valence-electron chi connectivity index (χ0n) is 29.8. The Hall–Kier alpha value is -0.790. The molecule has 0 heterocycles. The molecule has 0 aliphatic carbocycles. The SMILES string of the molecule is C=C(C)C(=O)OCC(CCCCCCCCCCCC(C)CCCCC)CCCCCCCCCC(C)CCCCC. The van der Waals surface area contributed by atoms with Crippen LogP contribution in [-0.4, -0.2) is 12.6 Å². The molecule has 250 valence electrons. The normalized spacial score (nSPS) is 13.6. The average molecular weight is 591 g/mol. The third-order valence-corrected chi connectivity index (χ3v) is 9.52. The van der Waals surface area contributed by atoms with Crippen LogP contribution in [0.5, 0.6) is 0 Å². The highest BCUT2D eigenvalue weighted by atomic mass is 16.5. The van der Waals surface area contributed by atoms with Crippen LogP contribution in [0.25, 0.3) is 0 Å². The highest BCUT2D eigenvalue weighted by Crippen LogP contribution is 2.22. The van der Waals surface area contributed by atoms with Gasteiger partial charge >= 0.3 is 5.97 Å². The maximum Gasteiger partial charge on any atom is 0.333 e.